The molecule has 0 radical (unpaired) electrons. The molecule has 0 saturated carbocycles. The molecule has 0 aliphatic carbocycles. The molecule has 0 aromatic heterocycles. The first-order valence-electron chi connectivity index (χ1n) is 7.33. The van der Waals surface area contributed by atoms with Crippen molar-refractivity contribution in [2.75, 3.05) is 0 Å². The Kier molecular flexibility index (Phi) is 5.74. The molecule has 0 heterocycles. The van der Waals surface area contributed by atoms with Gasteiger partial charge in [-0.2, -0.15) is 0 Å². The molecule has 2 rings (SSSR count). The summed E-state index contributed by atoms with van der Waals surface area (Å²) in [6, 6.07) is 17.6. The van der Waals surface area contributed by atoms with Gasteiger partial charge in [0.15, 0.2) is 0 Å². The second-order valence-electron chi connectivity index (χ2n) is 5.22. The Morgan fingerprint density at radius 2 is 1.61 bits per heavy atom. The van der Waals surface area contributed by atoms with Gasteiger partial charge in [-0.3, -0.25) is 4.79 Å². The van der Waals surface area contributed by atoms with Crippen LogP contribution in [0.15, 0.2) is 60.7 Å². The fraction of sp³-hybridized carbons (Fsp3) is 0.222. The number of carboxylic acid groups (broad SMARTS) is 1. The topological polar surface area (TPSA) is 75.6 Å². The number of alkyl carbamates (subject to hydrolysis) is 1. The summed E-state index contributed by atoms with van der Waals surface area (Å²) in [6.45, 7) is 1.69. The van der Waals surface area contributed by atoms with E-state index < -0.39 is 24.0 Å². The normalized spacial score (nSPS) is 12.9. The summed E-state index contributed by atoms with van der Waals surface area (Å²) in [6.07, 6.45) is -0.643. The molecular weight excluding hydrogens is 294 g/mol. The molecule has 120 valence electrons. The van der Waals surface area contributed by atoms with Crippen molar-refractivity contribution in [1.82, 2.24) is 5.32 Å². The van der Waals surface area contributed by atoms with E-state index in [2.05, 4.69) is 5.32 Å². The number of aliphatic carboxylic acids is 1. The quantitative estimate of drug-likeness (QED) is 0.857. The zero-order valence-electron chi connectivity index (χ0n) is 12.8. The van der Waals surface area contributed by atoms with Gasteiger partial charge in [0.1, 0.15) is 6.61 Å². The van der Waals surface area contributed by atoms with Crippen molar-refractivity contribution in [1.29, 1.82) is 0 Å². The van der Waals surface area contributed by atoms with E-state index in [-0.39, 0.29) is 6.61 Å². The van der Waals surface area contributed by atoms with Crippen LogP contribution in [-0.4, -0.2) is 17.2 Å². The minimum Gasteiger partial charge on any atom is -0.481 e. The highest BCUT2D eigenvalue weighted by Crippen LogP contribution is 2.22. The first-order valence-corrected chi connectivity index (χ1v) is 7.33. The highest BCUT2D eigenvalue weighted by atomic mass is 16.5. The molecule has 2 aromatic rings. The number of carbonyl (C=O) groups excluding carboxylic acids is 1. The van der Waals surface area contributed by atoms with Gasteiger partial charge in [-0.25, -0.2) is 4.79 Å². The maximum atomic E-state index is 12.0. The Labute approximate surface area is 134 Å². The number of carboxylic acids is 1. The largest absolute Gasteiger partial charge is 0.481 e. The van der Waals surface area contributed by atoms with Crippen molar-refractivity contribution in [3.8, 4) is 0 Å². The van der Waals surface area contributed by atoms with Crippen LogP contribution in [0.25, 0.3) is 0 Å². The van der Waals surface area contributed by atoms with Gasteiger partial charge in [0, 0.05) is 0 Å². The molecule has 0 spiro atoms. The second kappa shape index (κ2) is 7.98. The Morgan fingerprint density at radius 1 is 1.04 bits per heavy atom. The standard InChI is InChI=1S/C18H19NO4/c1-13(17(20)21)16(15-10-6-3-7-11-15)19-18(22)23-12-14-8-4-2-5-9-14/h2-11,13,16H,12H2,1H3,(H,19,22)(H,20,21). The van der Waals surface area contributed by atoms with Crippen LogP contribution in [-0.2, 0) is 16.1 Å². The SMILES string of the molecule is CC(C(=O)O)C(NC(=O)OCc1ccccc1)c1ccccc1. The highest BCUT2D eigenvalue weighted by molar-refractivity contribution is 5.73. The van der Waals surface area contributed by atoms with E-state index in [0.29, 0.717) is 0 Å². The Balaban J connectivity index is 2.02. The van der Waals surface area contributed by atoms with Crippen LogP contribution in [0.4, 0.5) is 4.79 Å². The van der Waals surface area contributed by atoms with Gasteiger partial charge in [-0.1, -0.05) is 60.7 Å². The molecule has 0 bridgehead atoms. The minimum atomic E-state index is -0.984. The van der Waals surface area contributed by atoms with Crippen molar-refractivity contribution in [3.05, 3.63) is 71.8 Å². The molecule has 5 nitrogen and oxygen atoms in total. The van der Waals surface area contributed by atoms with E-state index in [9.17, 15) is 14.7 Å². The van der Waals surface area contributed by atoms with Gasteiger partial charge in [-0.05, 0) is 18.1 Å². The molecule has 0 saturated heterocycles. The van der Waals surface area contributed by atoms with Crippen molar-refractivity contribution in [2.45, 2.75) is 19.6 Å². The zero-order chi connectivity index (χ0) is 16.7. The fourth-order valence-electron chi connectivity index (χ4n) is 2.19. The van der Waals surface area contributed by atoms with Gasteiger partial charge in [0.2, 0.25) is 0 Å². The summed E-state index contributed by atoms with van der Waals surface area (Å²) in [5.74, 6) is -1.76. The third-order valence-electron chi connectivity index (χ3n) is 3.53. The number of carbonyl (C=O) groups is 2. The van der Waals surface area contributed by atoms with E-state index in [4.69, 9.17) is 4.74 Å². The lowest BCUT2D eigenvalue weighted by Gasteiger charge is -2.22. The van der Waals surface area contributed by atoms with Crippen LogP contribution in [0.3, 0.4) is 0 Å². The van der Waals surface area contributed by atoms with Crippen LogP contribution < -0.4 is 5.32 Å². The number of ether oxygens (including phenoxy) is 1. The summed E-state index contributed by atoms with van der Waals surface area (Å²) < 4.78 is 5.17. The summed E-state index contributed by atoms with van der Waals surface area (Å²) in [4.78, 5) is 23.3. The second-order valence-corrected chi connectivity index (χ2v) is 5.22. The first-order chi connectivity index (χ1) is 11.1. The highest BCUT2D eigenvalue weighted by Gasteiger charge is 2.27. The van der Waals surface area contributed by atoms with E-state index in [1.807, 2.05) is 36.4 Å². The Morgan fingerprint density at radius 3 is 2.17 bits per heavy atom. The molecule has 5 heteroatoms. The predicted octanol–water partition coefficient (Wildman–Crippen LogP) is 3.37. The van der Waals surface area contributed by atoms with E-state index in [1.165, 1.54) is 0 Å². The fourth-order valence-corrected chi connectivity index (χ4v) is 2.19. The number of nitrogens with one attached hydrogen (secondary N) is 1. The van der Waals surface area contributed by atoms with Gasteiger partial charge >= 0.3 is 12.1 Å². The summed E-state index contributed by atoms with van der Waals surface area (Å²) in [7, 11) is 0. The van der Waals surface area contributed by atoms with Crippen molar-refractivity contribution < 1.29 is 19.4 Å². The maximum absolute atomic E-state index is 12.0. The molecule has 2 N–H and O–H groups in total. The monoisotopic (exact) mass is 313 g/mol. The average Bonchev–Trinajstić information content (AvgIpc) is 2.59. The average molecular weight is 313 g/mol. The van der Waals surface area contributed by atoms with E-state index in [1.54, 1.807) is 31.2 Å². The molecule has 2 unspecified atom stereocenters. The number of amides is 1. The van der Waals surface area contributed by atoms with Crippen LogP contribution in [0.2, 0.25) is 0 Å². The van der Waals surface area contributed by atoms with E-state index in [0.717, 1.165) is 11.1 Å². The first kappa shape index (κ1) is 16.5. The van der Waals surface area contributed by atoms with Crippen LogP contribution in [0.5, 0.6) is 0 Å². The van der Waals surface area contributed by atoms with Gasteiger partial charge in [0.05, 0.1) is 12.0 Å². The van der Waals surface area contributed by atoms with E-state index >= 15 is 0 Å². The third kappa shape index (κ3) is 4.85. The van der Waals surface area contributed by atoms with Crippen molar-refractivity contribution >= 4 is 12.1 Å². The lowest BCUT2D eigenvalue weighted by atomic mass is 9.95. The van der Waals surface area contributed by atoms with Gasteiger partial charge < -0.3 is 15.2 Å². The molecule has 2 aromatic carbocycles. The number of hydrogen-bond donors (Lipinski definition) is 2. The van der Waals surface area contributed by atoms with Crippen LogP contribution in [0, 0.1) is 5.92 Å². The van der Waals surface area contributed by atoms with Crippen molar-refractivity contribution in [3.63, 3.8) is 0 Å². The third-order valence-corrected chi connectivity index (χ3v) is 3.53. The van der Waals surface area contributed by atoms with Gasteiger partial charge in [0.25, 0.3) is 0 Å². The Hall–Kier alpha value is -2.82. The number of hydrogen-bond acceptors (Lipinski definition) is 3. The molecule has 0 fully saturated rings. The molecule has 0 aliphatic heterocycles. The molecular formula is C18H19NO4. The molecule has 2 atom stereocenters. The maximum Gasteiger partial charge on any atom is 0.407 e. The van der Waals surface area contributed by atoms with Crippen molar-refractivity contribution in [2.24, 2.45) is 5.92 Å². The van der Waals surface area contributed by atoms with Crippen LogP contribution >= 0.6 is 0 Å². The van der Waals surface area contributed by atoms with Crippen LogP contribution in [0.1, 0.15) is 24.1 Å². The molecule has 1 amide bonds. The smallest absolute Gasteiger partial charge is 0.407 e. The number of benzene rings is 2. The lowest BCUT2D eigenvalue weighted by molar-refractivity contribution is -0.142. The minimum absolute atomic E-state index is 0.135. The molecule has 23 heavy (non-hydrogen) atoms. The molecule has 0 aliphatic rings. The van der Waals surface area contributed by atoms with Gasteiger partial charge in [-0.15, -0.1) is 0 Å². The number of rotatable bonds is 6. The zero-order valence-corrected chi connectivity index (χ0v) is 12.8. The predicted molar refractivity (Wildman–Crippen MR) is 85.7 cm³/mol. The Bertz CT molecular complexity index is 643. The lowest BCUT2D eigenvalue weighted by Crippen LogP contribution is -2.35. The summed E-state index contributed by atoms with van der Waals surface area (Å²) in [5, 5.41) is 11.9. The summed E-state index contributed by atoms with van der Waals surface area (Å²) in [5.41, 5.74) is 1.59. The summed E-state index contributed by atoms with van der Waals surface area (Å²) >= 11 is 0.